The molecule has 4 saturated heterocycles. The number of aromatic nitrogens is 1. The van der Waals surface area contributed by atoms with Gasteiger partial charge in [-0.25, -0.2) is 19.1 Å². The van der Waals surface area contributed by atoms with Crippen molar-refractivity contribution >= 4 is 11.7 Å². The summed E-state index contributed by atoms with van der Waals surface area (Å²) in [5.41, 5.74) is -0.842. The molecule has 0 radical (unpaired) electrons. The Bertz CT molecular complexity index is 869. The predicted molar refractivity (Wildman–Crippen MR) is 117 cm³/mol. The summed E-state index contributed by atoms with van der Waals surface area (Å²) in [6.45, 7) is 10.1. The van der Waals surface area contributed by atoms with E-state index in [0.717, 1.165) is 19.0 Å². The van der Waals surface area contributed by atoms with Crippen LogP contribution in [-0.2, 0) is 24.0 Å². The van der Waals surface area contributed by atoms with Gasteiger partial charge in [-0.05, 0) is 43.7 Å². The van der Waals surface area contributed by atoms with Crippen molar-refractivity contribution in [1.29, 1.82) is 0 Å². The number of aliphatic hydroxyl groups is 1. The number of nitrogens with one attached hydrogen (secondary N) is 1. The number of nitrogens with zero attached hydrogens (tertiary/aromatic N) is 1. The Hall–Kier alpha value is -1.65. The van der Waals surface area contributed by atoms with Crippen molar-refractivity contribution in [2.45, 2.75) is 90.2 Å². The molecule has 2 N–H and O–H groups in total. The number of hydrogen-bond acceptors (Lipinski definition) is 7. The third-order valence-electron chi connectivity index (χ3n) is 7.73. The summed E-state index contributed by atoms with van der Waals surface area (Å²) in [5, 5.41) is 14.2. The van der Waals surface area contributed by atoms with Gasteiger partial charge in [-0.1, -0.05) is 27.7 Å². The summed E-state index contributed by atoms with van der Waals surface area (Å²) < 4.78 is 25.6. The van der Waals surface area contributed by atoms with E-state index in [1.54, 1.807) is 0 Å². The van der Waals surface area contributed by atoms with E-state index in [1.807, 2.05) is 13.8 Å². The highest BCUT2D eigenvalue weighted by Gasteiger charge is 2.69. The smallest absolute Gasteiger partial charge is 0.225 e. The summed E-state index contributed by atoms with van der Waals surface area (Å²) in [7, 11) is 0. The Morgan fingerprint density at radius 2 is 2.09 bits per heavy atom. The Labute approximate surface area is 194 Å². The molecule has 8 nitrogen and oxygen atoms in total. The number of carbonyl (C=O) groups is 1. The lowest BCUT2D eigenvalue weighted by molar-refractivity contribution is -0.583. The molecule has 2 bridgehead atoms. The minimum atomic E-state index is -1.59. The third-order valence-corrected chi connectivity index (χ3v) is 7.73. The molecule has 4 aliphatic rings. The number of rotatable bonds is 6. The topological polar surface area (TPSA) is 99.1 Å². The van der Waals surface area contributed by atoms with E-state index in [0.29, 0.717) is 12.3 Å². The Kier molecular flexibility index (Phi) is 6.56. The van der Waals surface area contributed by atoms with Crippen LogP contribution < -0.4 is 5.32 Å². The van der Waals surface area contributed by atoms with Gasteiger partial charge < -0.3 is 19.9 Å². The van der Waals surface area contributed by atoms with Gasteiger partial charge in [0.25, 0.3) is 0 Å². The summed E-state index contributed by atoms with van der Waals surface area (Å²) in [6.07, 6.45) is 2.53. The first kappa shape index (κ1) is 24.5. The molecule has 0 aliphatic carbocycles. The van der Waals surface area contributed by atoms with E-state index in [-0.39, 0.29) is 42.3 Å². The zero-order chi connectivity index (χ0) is 24.0. The highest BCUT2D eigenvalue weighted by molar-refractivity contribution is 5.89. The highest BCUT2D eigenvalue weighted by Crippen LogP contribution is 2.59. The largest absolute Gasteiger partial charge is 0.365 e. The number of fused-ring (bicyclic) bond motifs is 3. The number of pyridine rings is 1. The van der Waals surface area contributed by atoms with Crippen LogP contribution in [-0.4, -0.2) is 39.5 Å². The maximum absolute atomic E-state index is 13.1. The van der Waals surface area contributed by atoms with Crippen LogP contribution in [0.2, 0.25) is 0 Å². The van der Waals surface area contributed by atoms with E-state index < -0.39 is 29.3 Å². The Morgan fingerprint density at radius 3 is 2.73 bits per heavy atom. The van der Waals surface area contributed by atoms with Crippen LogP contribution in [0.3, 0.4) is 0 Å². The Balaban J connectivity index is 1.55. The molecule has 1 aromatic rings. The molecule has 0 aromatic carbocycles. The van der Waals surface area contributed by atoms with Gasteiger partial charge in [0.05, 0.1) is 6.20 Å². The lowest BCUT2D eigenvalue weighted by atomic mass is 9.62. The molecule has 5 heterocycles. The third kappa shape index (κ3) is 4.30. The van der Waals surface area contributed by atoms with Crippen LogP contribution in [0, 0.1) is 29.5 Å². The molecule has 184 valence electrons. The fourth-order valence-electron chi connectivity index (χ4n) is 5.90. The van der Waals surface area contributed by atoms with E-state index in [1.165, 1.54) is 12.1 Å². The fraction of sp³-hybridized carbons (Fsp3) is 0.750. The van der Waals surface area contributed by atoms with Crippen molar-refractivity contribution in [3.63, 3.8) is 0 Å². The van der Waals surface area contributed by atoms with Gasteiger partial charge in [-0.3, -0.25) is 4.79 Å². The maximum atomic E-state index is 13.1. The molecular formula is C24H35FN2O6. The van der Waals surface area contributed by atoms with Gasteiger partial charge in [0, 0.05) is 31.1 Å². The average molecular weight is 467 g/mol. The number of carbonyl (C=O) groups excluding carboxylic acids is 1. The number of amides is 1. The Morgan fingerprint density at radius 1 is 1.33 bits per heavy atom. The van der Waals surface area contributed by atoms with Crippen molar-refractivity contribution in [2.75, 3.05) is 5.32 Å². The minimum absolute atomic E-state index is 0.00170. The average Bonchev–Trinajstić information content (AvgIpc) is 2.98. The lowest BCUT2D eigenvalue weighted by Crippen LogP contribution is -2.71. The molecule has 1 aromatic heterocycles. The standard InChI is InChI=1S/C24H35FN2O6/c1-6-17-15(4)23(29,12-10-20(28)27-19-8-7-16(25)13-26-19)31-21-24(17)18(14(2)3)9-11-22(5,30-21)32-33-24/h7-8,13-15,17-18,21,29H,6,9-12H2,1-5H3,(H,26,27,28)/t15-,17+,18?,21+,22+,23-,24+/m1/s1. The van der Waals surface area contributed by atoms with Crippen LogP contribution in [0.1, 0.15) is 66.7 Å². The van der Waals surface area contributed by atoms with Crippen LogP contribution in [0.4, 0.5) is 10.2 Å². The first-order valence-electron chi connectivity index (χ1n) is 11.9. The van der Waals surface area contributed by atoms with Crippen molar-refractivity contribution in [2.24, 2.45) is 23.7 Å². The van der Waals surface area contributed by atoms with Gasteiger partial charge in [0.2, 0.25) is 11.7 Å². The fourth-order valence-corrected chi connectivity index (χ4v) is 5.90. The van der Waals surface area contributed by atoms with E-state index >= 15 is 0 Å². The van der Waals surface area contributed by atoms with Crippen molar-refractivity contribution in [3.05, 3.63) is 24.1 Å². The van der Waals surface area contributed by atoms with Crippen molar-refractivity contribution < 1.29 is 33.5 Å². The number of anilines is 1. The molecule has 7 atom stereocenters. The summed E-state index contributed by atoms with van der Waals surface area (Å²) in [6, 6.07) is 2.61. The molecule has 9 heteroatoms. The van der Waals surface area contributed by atoms with Crippen molar-refractivity contribution in [3.8, 4) is 0 Å². The quantitative estimate of drug-likeness (QED) is 0.608. The van der Waals surface area contributed by atoms with Gasteiger partial charge in [0.1, 0.15) is 11.6 Å². The molecule has 1 spiro atoms. The minimum Gasteiger partial charge on any atom is -0.365 e. The van der Waals surface area contributed by atoms with Gasteiger partial charge in [-0.15, -0.1) is 0 Å². The van der Waals surface area contributed by atoms with E-state index in [9.17, 15) is 14.3 Å². The zero-order valence-corrected chi connectivity index (χ0v) is 20.0. The summed E-state index contributed by atoms with van der Waals surface area (Å²) >= 11 is 0. The summed E-state index contributed by atoms with van der Waals surface area (Å²) in [4.78, 5) is 28.3. The molecule has 33 heavy (non-hydrogen) atoms. The SMILES string of the molecule is CC[C@H]1[C@@H](C)[C@@](O)(CCC(=O)Nc2ccc(F)cn2)O[C@@H]2O[C@]3(C)CCC(C(C)C)[C@]21OO3. The lowest BCUT2D eigenvalue weighted by Gasteiger charge is -2.60. The van der Waals surface area contributed by atoms with Gasteiger partial charge in [-0.2, -0.15) is 0 Å². The van der Waals surface area contributed by atoms with Crippen LogP contribution >= 0.6 is 0 Å². The maximum Gasteiger partial charge on any atom is 0.225 e. The predicted octanol–water partition coefficient (Wildman–Crippen LogP) is 4.15. The molecule has 5 rings (SSSR count). The molecular weight excluding hydrogens is 431 g/mol. The normalized spacial score (nSPS) is 40.4. The highest BCUT2D eigenvalue weighted by atomic mass is 19.1. The van der Waals surface area contributed by atoms with E-state index in [2.05, 4.69) is 31.1 Å². The van der Waals surface area contributed by atoms with Crippen LogP contribution in [0.25, 0.3) is 0 Å². The monoisotopic (exact) mass is 466 g/mol. The second-order valence-electron chi connectivity index (χ2n) is 10.2. The van der Waals surface area contributed by atoms with Crippen LogP contribution in [0.5, 0.6) is 0 Å². The van der Waals surface area contributed by atoms with Crippen LogP contribution in [0.15, 0.2) is 18.3 Å². The number of halogens is 1. The van der Waals surface area contributed by atoms with Gasteiger partial charge in [0.15, 0.2) is 17.7 Å². The number of hydrogen-bond donors (Lipinski definition) is 2. The molecule has 1 amide bonds. The number of ether oxygens (including phenoxy) is 2. The molecule has 4 aliphatic heterocycles. The van der Waals surface area contributed by atoms with Crippen molar-refractivity contribution in [1.82, 2.24) is 4.98 Å². The molecule has 4 fully saturated rings. The van der Waals surface area contributed by atoms with Gasteiger partial charge >= 0.3 is 0 Å². The second kappa shape index (κ2) is 8.85. The van der Waals surface area contributed by atoms with E-state index in [4.69, 9.17) is 19.2 Å². The summed E-state index contributed by atoms with van der Waals surface area (Å²) in [5.74, 6) is -3.16. The molecule has 1 unspecified atom stereocenters. The first-order chi connectivity index (χ1) is 15.5. The first-order valence-corrected chi connectivity index (χ1v) is 11.9. The zero-order valence-electron chi connectivity index (χ0n) is 20.0. The second-order valence-corrected chi connectivity index (χ2v) is 10.2. The molecule has 0 saturated carbocycles.